The first-order chi connectivity index (χ1) is 12.6. The molecule has 1 atom stereocenters. The summed E-state index contributed by atoms with van der Waals surface area (Å²) in [5, 5.41) is 2.87. The van der Waals surface area contributed by atoms with Crippen LogP contribution in [-0.2, 0) is 16.1 Å². The summed E-state index contributed by atoms with van der Waals surface area (Å²) in [4.78, 5) is 25.8. The van der Waals surface area contributed by atoms with E-state index in [-0.39, 0.29) is 43.1 Å². The van der Waals surface area contributed by atoms with E-state index in [1.54, 1.807) is 17.0 Å². The lowest BCUT2D eigenvalue weighted by atomic mass is 10.2. The number of ether oxygens (including phenoxy) is 1. The van der Waals surface area contributed by atoms with Gasteiger partial charge in [-0.15, -0.1) is 0 Å². The van der Waals surface area contributed by atoms with Crippen molar-refractivity contribution in [1.82, 2.24) is 10.2 Å². The van der Waals surface area contributed by atoms with E-state index in [1.807, 2.05) is 30.3 Å². The zero-order valence-electron chi connectivity index (χ0n) is 14.4. The van der Waals surface area contributed by atoms with Crippen LogP contribution in [0.2, 0.25) is 0 Å². The maximum Gasteiger partial charge on any atom is 0.225 e. The van der Waals surface area contributed by atoms with Gasteiger partial charge in [0.25, 0.3) is 0 Å². The van der Waals surface area contributed by atoms with E-state index < -0.39 is 0 Å². The first-order valence-electron chi connectivity index (χ1n) is 8.59. The number of likely N-dealkylation sites (tertiary alicyclic amines) is 1. The number of hydrogen-bond donors (Lipinski definition) is 1. The second-order valence-electron chi connectivity index (χ2n) is 6.28. The standard InChI is InChI=1S/C20H21FN2O3/c21-16-6-4-5-15(11-16)13-23-14-17(12-20(23)25)22-19(24)9-10-26-18-7-2-1-3-8-18/h1-8,11,17H,9-10,12-14H2,(H,22,24). The van der Waals surface area contributed by atoms with E-state index in [9.17, 15) is 14.0 Å². The highest BCUT2D eigenvalue weighted by Gasteiger charge is 2.30. The molecule has 1 fully saturated rings. The van der Waals surface area contributed by atoms with Crippen LogP contribution in [0.15, 0.2) is 54.6 Å². The Morgan fingerprint density at radius 1 is 1.19 bits per heavy atom. The lowest BCUT2D eigenvalue weighted by Crippen LogP contribution is -2.37. The molecule has 6 heteroatoms. The Labute approximate surface area is 151 Å². The van der Waals surface area contributed by atoms with Gasteiger partial charge in [-0.2, -0.15) is 0 Å². The van der Waals surface area contributed by atoms with Gasteiger partial charge in [-0.1, -0.05) is 30.3 Å². The minimum atomic E-state index is -0.322. The summed E-state index contributed by atoms with van der Waals surface area (Å²) in [5.74, 6) is 0.210. The molecule has 1 aliphatic heterocycles. The number of nitrogens with one attached hydrogen (secondary N) is 1. The average Bonchev–Trinajstić information content (AvgIpc) is 2.95. The number of hydrogen-bond acceptors (Lipinski definition) is 3. The highest BCUT2D eigenvalue weighted by atomic mass is 19.1. The van der Waals surface area contributed by atoms with Crippen molar-refractivity contribution in [3.63, 3.8) is 0 Å². The zero-order valence-corrected chi connectivity index (χ0v) is 14.4. The molecule has 2 aromatic rings. The molecular weight excluding hydrogens is 335 g/mol. The highest BCUT2D eigenvalue weighted by molar-refractivity contribution is 5.82. The van der Waals surface area contributed by atoms with E-state index >= 15 is 0 Å². The molecule has 0 aromatic heterocycles. The van der Waals surface area contributed by atoms with E-state index in [1.165, 1.54) is 12.1 Å². The van der Waals surface area contributed by atoms with Gasteiger partial charge in [0.05, 0.1) is 19.1 Å². The number of amides is 2. The first-order valence-corrected chi connectivity index (χ1v) is 8.59. The second kappa shape index (κ2) is 8.47. The molecule has 2 amide bonds. The first kappa shape index (κ1) is 17.9. The van der Waals surface area contributed by atoms with Crippen molar-refractivity contribution in [2.24, 2.45) is 0 Å². The minimum Gasteiger partial charge on any atom is -0.493 e. The largest absolute Gasteiger partial charge is 0.493 e. The number of halogens is 1. The number of rotatable bonds is 7. The van der Waals surface area contributed by atoms with Crippen LogP contribution in [0.4, 0.5) is 4.39 Å². The molecule has 1 saturated heterocycles. The third-order valence-electron chi connectivity index (χ3n) is 4.18. The number of carbonyl (C=O) groups is 2. The van der Waals surface area contributed by atoms with Crippen LogP contribution in [-0.4, -0.2) is 35.9 Å². The fourth-order valence-corrected chi connectivity index (χ4v) is 2.96. The Morgan fingerprint density at radius 2 is 2.00 bits per heavy atom. The second-order valence-corrected chi connectivity index (χ2v) is 6.28. The minimum absolute atomic E-state index is 0.0416. The van der Waals surface area contributed by atoms with Gasteiger partial charge in [0.2, 0.25) is 11.8 Å². The number of nitrogens with zero attached hydrogens (tertiary/aromatic N) is 1. The average molecular weight is 356 g/mol. The van der Waals surface area contributed by atoms with Gasteiger partial charge in [0.15, 0.2) is 0 Å². The van der Waals surface area contributed by atoms with Crippen molar-refractivity contribution in [2.45, 2.75) is 25.4 Å². The van der Waals surface area contributed by atoms with Crippen molar-refractivity contribution < 1.29 is 18.7 Å². The summed E-state index contributed by atoms with van der Waals surface area (Å²) >= 11 is 0. The molecule has 0 aliphatic carbocycles. The van der Waals surface area contributed by atoms with E-state index in [0.29, 0.717) is 13.1 Å². The normalized spacial score (nSPS) is 16.6. The summed E-state index contributed by atoms with van der Waals surface area (Å²) in [7, 11) is 0. The molecule has 1 aliphatic rings. The van der Waals surface area contributed by atoms with Gasteiger partial charge >= 0.3 is 0 Å². The topological polar surface area (TPSA) is 58.6 Å². The molecule has 1 unspecified atom stereocenters. The predicted octanol–water partition coefficient (Wildman–Crippen LogP) is 2.51. The molecule has 26 heavy (non-hydrogen) atoms. The molecule has 0 radical (unpaired) electrons. The molecule has 0 spiro atoms. The Morgan fingerprint density at radius 3 is 2.77 bits per heavy atom. The molecule has 5 nitrogen and oxygen atoms in total. The molecule has 136 valence electrons. The van der Waals surface area contributed by atoms with Crippen molar-refractivity contribution in [3.8, 4) is 5.75 Å². The van der Waals surface area contributed by atoms with E-state index in [4.69, 9.17) is 4.74 Å². The van der Waals surface area contributed by atoms with Crippen molar-refractivity contribution >= 4 is 11.8 Å². The van der Waals surface area contributed by atoms with Crippen molar-refractivity contribution in [2.75, 3.05) is 13.2 Å². The smallest absolute Gasteiger partial charge is 0.225 e. The van der Waals surface area contributed by atoms with Gasteiger partial charge in [-0.25, -0.2) is 4.39 Å². The van der Waals surface area contributed by atoms with E-state index in [2.05, 4.69) is 5.32 Å². The summed E-state index contributed by atoms with van der Waals surface area (Å²) in [5.41, 5.74) is 0.738. The monoisotopic (exact) mass is 356 g/mol. The van der Waals surface area contributed by atoms with Gasteiger partial charge in [0.1, 0.15) is 11.6 Å². The Hall–Kier alpha value is -2.89. The third-order valence-corrected chi connectivity index (χ3v) is 4.18. The number of benzene rings is 2. The van der Waals surface area contributed by atoms with Gasteiger partial charge in [-0.3, -0.25) is 9.59 Å². The Kier molecular flexibility index (Phi) is 5.84. The van der Waals surface area contributed by atoms with E-state index in [0.717, 1.165) is 11.3 Å². The van der Waals surface area contributed by atoms with Gasteiger partial charge < -0.3 is 15.0 Å². The molecule has 0 saturated carbocycles. The summed E-state index contributed by atoms with van der Waals surface area (Å²) < 4.78 is 18.8. The molecule has 3 rings (SSSR count). The summed E-state index contributed by atoms with van der Waals surface area (Å²) in [6.45, 7) is 1.06. The third kappa shape index (κ3) is 5.05. The lowest BCUT2D eigenvalue weighted by Gasteiger charge is -2.17. The van der Waals surface area contributed by atoms with Crippen LogP contribution in [0.1, 0.15) is 18.4 Å². The molecule has 2 aromatic carbocycles. The van der Waals surface area contributed by atoms with Crippen LogP contribution >= 0.6 is 0 Å². The quantitative estimate of drug-likeness (QED) is 0.829. The predicted molar refractivity (Wildman–Crippen MR) is 94.9 cm³/mol. The van der Waals surface area contributed by atoms with Crippen molar-refractivity contribution in [3.05, 3.63) is 66.0 Å². The van der Waals surface area contributed by atoms with Crippen LogP contribution in [0.25, 0.3) is 0 Å². The van der Waals surface area contributed by atoms with Gasteiger partial charge in [0, 0.05) is 19.5 Å². The summed E-state index contributed by atoms with van der Waals surface area (Å²) in [6.07, 6.45) is 0.490. The maximum atomic E-state index is 13.3. The lowest BCUT2D eigenvalue weighted by molar-refractivity contribution is -0.128. The number of para-hydroxylation sites is 1. The summed E-state index contributed by atoms with van der Waals surface area (Å²) in [6, 6.07) is 15.3. The molecular formula is C20H21FN2O3. The SMILES string of the molecule is O=C(CCOc1ccccc1)NC1CC(=O)N(Cc2cccc(F)c2)C1. The molecule has 0 bridgehead atoms. The van der Waals surface area contributed by atoms with Crippen LogP contribution < -0.4 is 10.1 Å². The van der Waals surface area contributed by atoms with Gasteiger partial charge in [-0.05, 0) is 29.8 Å². The fourth-order valence-electron chi connectivity index (χ4n) is 2.96. The highest BCUT2D eigenvalue weighted by Crippen LogP contribution is 2.16. The van der Waals surface area contributed by atoms with Crippen LogP contribution in [0.3, 0.4) is 0 Å². The Balaban J connectivity index is 1.42. The van der Waals surface area contributed by atoms with Crippen LogP contribution in [0, 0.1) is 5.82 Å². The number of carbonyl (C=O) groups excluding carboxylic acids is 2. The zero-order chi connectivity index (χ0) is 18.4. The Bertz CT molecular complexity index is 767. The molecule has 1 heterocycles. The van der Waals surface area contributed by atoms with Crippen molar-refractivity contribution in [1.29, 1.82) is 0 Å². The molecule has 1 N–H and O–H groups in total. The van der Waals surface area contributed by atoms with Crippen LogP contribution in [0.5, 0.6) is 5.75 Å². The maximum absolute atomic E-state index is 13.3. The fraction of sp³-hybridized carbons (Fsp3) is 0.300.